The highest BCUT2D eigenvalue weighted by molar-refractivity contribution is 7.89. The molecule has 0 saturated carbocycles. The Morgan fingerprint density at radius 1 is 1.43 bits per heavy atom. The molecule has 28 heavy (non-hydrogen) atoms. The number of methoxy groups -OCH3 is 1. The predicted octanol–water partition coefficient (Wildman–Crippen LogP) is 1.01. The number of aliphatic hydroxyl groups excluding tert-OH is 1. The number of ether oxygens (including phenoxy) is 2. The summed E-state index contributed by atoms with van der Waals surface area (Å²) in [5, 5.41) is 9.62. The van der Waals surface area contributed by atoms with Crippen LogP contribution in [0.2, 0.25) is 0 Å². The van der Waals surface area contributed by atoms with Gasteiger partial charge < -0.3 is 19.5 Å². The van der Waals surface area contributed by atoms with E-state index in [2.05, 4.69) is 11.8 Å². The molecule has 156 valence electrons. The van der Waals surface area contributed by atoms with Gasteiger partial charge in [0.15, 0.2) is 0 Å². The molecule has 1 aliphatic heterocycles. The fourth-order valence-electron chi connectivity index (χ4n) is 3.09. The van der Waals surface area contributed by atoms with Crippen LogP contribution in [-0.4, -0.2) is 82.4 Å². The van der Waals surface area contributed by atoms with Gasteiger partial charge in [-0.25, -0.2) is 8.42 Å². The molecule has 3 atom stereocenters. The summed E-state index contributed by atoms with van der Waals surface area (Å²) in [6.45, 7) is 4.63. The van der Waals surface area contributed by atoms with Gasteiger partial charge >= 0.3 is 0 Å². The number of rotatable bonds is 5. The van der Waals surface area contributed by atoms with E-state index in [1.807, 2.05) is 25.9 Å². The molecule has 0 saturated heterocycles. The van der Waals surface area contributed by atoms with Crippen molar-refractivity contribution in [1.29, 1.82) is 0 Å². The minimum absolute atomic E-state index is 0.0671. The lowest BCUT2D eigenvalue weighted by Crippen LogP contribution is -2.49. The van der Waals surface area contributed by atoms with Gasteiger partial charge in [-0.15, -0.1) is 0 Å². The van der Waals surface area contributed by atoms with E-state index in [4.69, 9.17) is 9.47 Å². The molecule has 0 radical (unpaired) electrons. The van der Waals surface area contributed by atoms with Crippen molar-refractivity contribution in [1.82, 2.24) is 9.21 Å². The van der Waals surface area contributed by atoms with Crippen LogP contribution in [0.5, 0.6) is 5.75 Å². The Morgan fingerprint density at radius 2 is 2.14 bits per heavy atom. The lowest BCUT2D eigenvalue weighted by molar-refractivity contribution is 0.0812. The van der Waals surface area contributed by atoms with E-state index < -0.39 is 16.1 Å². The third-order valence-corrected chi connectivity index (χ3v) is 6.68. The molecule has 1 aliphatic rings. The van der Waals surface area contributed by atoms with Crippen LogP contribution in [0.15, 0.2) is 23.1 Å². The quantitative estimate of drug-likeness (QED) is 0.730. The summed E-state index contributed by atoms with van der Waals surface area (Å²) in [5.41, 5.74) is 0.657. The maximum atomic E-state index is 13.3. The second-order valence-corrected chi connectivity index (χ2v) is 9.26. The van der Waals surface area contributed by atoms with Gasteiger partial charge in [-0.1, -0.05) is 18.8 Å². The zero-order valence-corrected chi connectivity index (χ0v) is 18.0. The number of fused-ring (bicyclic) bond motifs is 1. The Morgan fingerprint density at radius 3 is 2.75 bits per heavy atom. The third kappa shape index (κ3) is 5.25. The molecule has 0 fully saturated rings. The topological polar surface area (TPSA) is 79.3 Å². The third-order valence-electron chi connectivity index (χ3n) is 4.66. The molecule has 1 aromatic carbocycles. The summed E-state index contributed by atoms with van der Waals surface area (Å²) in [7, 11) is 1.65. The van der Waals surface area contributed by atoms with Crippen molar-refractivity contribution in [2.75, 3.05) is 47.5 Å². The van der Waals surface area contributed by atoms with Gasteiger partial charge in [0, 0.05) is 37.7 Å². The molecule has 7 nitrogen and oxygen atoms in total. The maximum absolute atomic E-state index is 13.3. The molecular formula is C20H30N2O5S. The highest BCUT2D eigenvalue weighted by atomic mass is 32.2. The second-order valence-electron chi connectivity index (χ2n) is 7.40. The highest BCUT2D eigenvalue weighted by Gasteiger charge is 2.37. The van der Waals surface area contributed by atoms with Gasteiger partial charge in [0.1, 0.15) is 23.4 Å². The Hall–Kier alpha value is -1.63. The summed E-state index contributed by atoms with van der Waals surface area (Å²) in [5.74, 6) is 6.05. The number of benzene rings is 1. The van der Waals surface area contributed by atoms with E-state index >= 15 is 0 Å². The summed E-state index contributed by atoms with van der Waals surface area (Å²) < 4.78 is 39.1. The normalized spacial score (nSPS) is 23.0. The SMILES string of the molecule is COCC#Cc1ccc2c(c1)O[C@@H](CN(C)C)[C@H](C)CN([C@H](C)CO)S2(=O)=O. The smallest absolute Gasteiger partial charge is 0.247 e. The van der Waals surface area contributed by atoms with Crippen LogP contribution in [0.4, 0.5) is 0 Å². The first-order valence-electron chi connectivity index (χ1n) is 9.26. The van der Waals surface area contributed by atoms with Crippen molar-refractivity contribution >= 4 is 10.0 Å². The number of hydrogen-bond donors (Lipinski definition) is 1. The van der Waals surface area contributed by atoms with Crippen molar-refractivity contribution in [3.8, 4) is 17.6 Å². The van der Waals surface area contributed by atoms with Gasteiger partial charge in [-0.05, 0) is 39.2 Å². The number of aliphatic hydroxyl groups is 1. The van der Waals surface area contributed by atoms with Crippen molar-refractivity contribution < 1.29 is 23.0 Å². The van der Waals surface area contributed by atoms with Crippen LogP contribution in [0.25, 0.3) is 0 Å². The van der Waals surface area contributed by atoms with Gasteiger partial charge in [0.25, 0.3) is 0 Å². The summed E-state index contributed by atoms with van der Waals surface area (Å²) >= 11 is 0. The molecule has 1 heterocycles. The molecule has 2 rings (SSSR count). The zero-order valence-electron chi connectivity index (χ0n) is 17.2. The predicted molar refractivity (Wildman–Crippen MR) is 108 cm³/mol. The minimum atomic E-state index is -3.82. The van der Waals surface area contributed by atoms with E-state index in [0.29, 0.717) is 18.7 Å². The van der Waals surface area contributed by atoms with Crippen LogP contribution in [0.3, 0.4) is 0 Å². The van der Waals surface area contributed by atoms with Crippen LogP contribution < -0.4 is 4.74 Å². The molecule has 1 aromatic rings. The van der Waals surface area contributed by atoms with Gasteiger partial charge in [-0.3, -0.25) is 0 Å². The Labute approximate surface area is 168 Å². The van der Waals surface area contributed by atoms with Crippen LogP contribution in [0, 0.1) is 17.8 Å². The number of sulfonamides is 1. The lowest BCUT2D eigenvalue weighted by atomic mass is 10.0. The van der Waals surface area contributed by atoms with Gasteiger partial charge in [0.2, 0.25) is 10.0 Å². The van der Waals surface area contributed by atoms with Gasteiger partial charge in [0.05, 0.1) is 6.61 Å². The summed E-state index contributed by atoms with van der Waals surface area (Å²) in [6, 6.07) is 4.33. The average Bonchev–Trinajstić information content (AvgIpc) is 2.63. The van der Waals surface area contributed by atoms with Crippen molar-refractivity contribution in [2.24, 2.45) is 5.92 Å². The minimum Gasteiger partial charge on any atom is -0.487 e. The van der Waals surface area contributed by atoms with E-state index in [1.54, 1.807) is 26.2 Å². The molecule has 1 N–H and O–H groups in total. The molecule has 0 amide bonds. The monoisotopic (exact) mass is 410 g/mol. The average molecular weight is 411 g/mol. The van der Waals surface area contributed by atoms with E-state index in [0.717, 1.165) is 0 Å². The number of nitrogens with zero attached hydrogens (tertiary/aromatic N) is 2. The van der Waals surface area contributed by atoms with Crippen molar-refractivity contribution in [3.05, 3.63) is 23.8 Å². The van der Waals surface area contributed by atoms with Crippen LogP contribution >= 0.6 is 0 Å². The second kappa shape index (κ2) is 9.72. The lowest BCUT2D eigenvalue weighted by Gasteiger charge is -2.37. The summed E-state index contributed by atoms with van der Waals surface area (Å²) in [4.78, 5) is 2.11. The molecule has 0 spiro atoms. The summed E-state index contributed by atoms with van der Waals surface area (Å²) in [6.07, 6.45) is -0.208. The molecule has 0 aromatic heterocycles. The highest BCUT2D eigenvalue weighted by Crippen LogP contribution is 2.34. The number of likely N-dealkylation sites (N-methyl/N-ethyl adjacent to an activating group) is 1. The van der Waals surface area contributed by atoms with Crippen LogP contribution in [-0.2, 0) is 14.8 Å². The Bertz CT molecular complexity index is 829. The fraction of sp³-hybridized carbons (Fsp3) is 0.600. The Kier molecular flexibility index (Phi) is 7.87. The Balaban J connectivity index is 2.57. The zero-order chi connectivity index (χ0) is 20.9. The van der Waals surface area contributed by atoms with E-state index in [-0.39, 0.29) is 35.8 Å². The molecule has 8 heteroatoms. The van der Waals surface area contributed by atoms with E-state index in [9.17, 15) is 13.5 Å². The van der Waals surface area contributed by atoms with E-state index in [1.165, 1.54) is 10.4 Å². The van der Waals surface area contributed by atoms with Crippen molar-refractivity contribution in [2.45, 2.75) is 30.9 Å². The molecule has 0 bridgehead atoms. The maximum Gasteiger partial charge on any atom is 0.247 e. The fourth-order valence-corrected chi connectivity index (χ4v) is 4.92. The largest absolute Gasteiger partial charge is 0.487 e. The first-order chi connectivity index (χ1) is 13.2. The first-order valence-corrected chi connectivity index (χ1v) is 10.7. The molecular weight excluding hydrogens is 380 g/mol. The number of hydrogen-bond acceptors (Lipinski definition) is 6. The first kappa shape index (κ1) is 22.7. The van der Waals surface area contributed by atoms with Crippen LogP contribution in [0.1, 0.15) is 19.4 Å². The molecule has 0 aliphatic carbocycles. The van der Waals surface area contributed by atoms with Gasteiger partial charge in [-0.2, -0.15) is 4.31 Å². The molecule has 0 unspecified atom stereocenters. The standard InChI is InChI=1S/C20H30N2O5S/c1-15-12-22(16(2)14-23)28(24,25)20-9-8-17(7-6-10-26-5)11-18(20)27-19(15)13-21(3)4/h8-9,11,15-16,19,23H,10,12-14H2,1-5H3/t15-,16-,19+/m1/s1. The van der Waals surface area contributed by atoms with Crippen molar-refractivity contribution in [3.63, 3.8) is 0 Å².